The average Bonchev–Trinajstić information content (AvgIpc) is 3.28. The van der Waals surface area contributed by atoms with E-state index in [0.717, 1.165) is 0 Å². The van der Waals surface area contributed by atoms with Crippen LogP contribution < -0.4 is 0 Å². The lowest BCUT2D eigenvalue weighted by molar-refractivity contribution is 0.189. The van der Waals surface area contributed by atoms with Gasteiger partial charge in [0, 0.05) is 145 Å². The summed E-state index contributed by atoms with van der Waals surface area (Å²) in [6.07, 6.45) is 0. The predicted molar refractivity (Wildman–Crippen MR) is 432 cm³/mol. The summed E-state index contributed by atoms with van der Waals surface area (Å²) in [5, 5.41) is 0. The minimum absolute atomic E-state index is 0. The molecule has 0 fully saturated rings. The van der Waals surface area contributed by atoms with Crippen LogP contribution in [0, 0.1) is 0 Å². The first-order valence-electron chi connectivity index (χ1n) is 37.9. The van der Waals surface area contributed by atoms with Gasteiger partial charge >= 0.3 is 7.87 Å². The molecule has 0 radical (unpaired) electrons. The molecule has 568 valence electrons. The average molecular weight is 1430 g/mol. The number of nitrogens with zero attached hydrogens (tertiary/aromatic N) is 16. The van der Waals surface area contributed by atoms with Gasteiger partial charge in [0.2, 0.25) is 30.0 Å². The van der Waals surface area contributed by atoms with E-state index in [-0.39, 0.29) is 150 Å². The minimum atomic E-state index is -4.38. The number of hydrogen-bond acceptors (Lipinski definition) is 5. The first kappa shape index (κ1) is 96.9. The molecule has 0 aliphatic rings. The molecular formula is C72H169N16OP5. The summed E-state index contributed by atoms with van der Waals surface area (Å²) in [4.78, 5) is 0. The largest absolute Gasteiger partial charge is 0.870 e. The van der Waals surface area contributed by atoms with Crippen LogP contribution in [0.4, 0.5) is 0 Å². The Morgan fingerprint density at radius 1 is 0.138 bits per heavy atom. The molecule has 94 heavy (non-hydrogen) atoms. The maximum atomic E-state index is 7.88. The third kappa shape index (κ3) is 21.1. The second kappa shape index (κ2) is 39.6. The van der Waals surface area contributed by atoms with Gasteiger partial charge in [-0.2, -0.15) is 0 Å². The highest BCUT2D eigenvalue weighted by Gasteiger charge is 2.65. The molecule has 0 saturated carbocycles. The Morgan fingerprint density at radius 2 is 0.191 bits per heavy atom. The summed E-state index contributed by atoms with van der Waals surface area (Å²) in [5.74, 6) is 0. The van der Waals surface area contributed by atoms with Crippen LogP contribution in [0.2, 0.25) is 0 Å². The summed E-state index contributed by atoms with van der Waals surface area (Å²) in [6.45, 7) is 118. The van der Waals surface area contributed by atoms with E-state index in [1.807, 2.05) is 0 Å². The van der Waals surface area contributed by atoms with E-state index in [1.54, 1.807) is 0 Å². The van der Waals surface area contributed by atoms with Crippen LogP contribution in [-0.2, 0) is 0 Å². The molecule has 1 N–H and O–H groups in total. The summed E-state index contributed by atoms with van der Waals surface area (Å²) in [7, 11) is -18.2. The van der Waals surface area contributed by atoms with Crippen LogP contribution in [0.5, 0.6) is 0 Å². The number of rotatable bonds is 40. The molecule has 0 aromatic heterocycles. The third-order valence-corrected chi connectivity index (χ3v) is 43.6. The summed E-state index contributed by atoms with van der Waals surface area (Å²) in [5.41, 5.74) is 0. The van der Waals surface area contributed by atoms with Crippen LogP contribution in [0.1, 0.15) is 332 Å². The molecule has 0 aromatic carbocycles. The highest BCUT2D eigenvalue weighted by atomic mass is 31.3. The molecule has 0 rings (SSSR count). The van der Waals surface area contributed by atoms with Gasteiger partial charge in [-0.05, 0) is 350 Å². The lowest BCUT2D eigenvalue weighted by atomic mass is 10.3. The van der Waals surface area contributed by atoms with Gasteiger partial charge in [0.1, 0.15) is 0 Å². The quantitative estimate of drug-likeness (QED) is 0.0542. The first-order chi connectivity index (χ1) is 42.0. The fraction of sp³-hybridized carbons (Fsp3) is 1.00. The van der Waals surface area contributed by atoms with Gasteiger partial charge in [0.15, 0.2) is 0 Å². The van der Waals surface area contributed by atoms with Crippen molar-refractivity contribution >= 4 is 37.9 Å². The van der Waals surface area contributed by atoms with Gasteiger partial charge in [-0.15, -0.1) is 0 Å². The third-order valence-electron chi connectivity index (χ3n) is 17.4. The standard InChI is InChI=1S/C72H168N16P5.H2O/c1-49(2)77(50(3)4)90(78(51(5)6)52(7)8,79(53(9)10)54(11)12)73-89(74-91(80(55(13)14)56(15)16,81(57(17)18)58(19)20)82(59(21)22)60(23)24,75-92(83(61(25)26)62(27)28,84(63(29)30)64(31)32)85(65(33)34)66(35)36)76-93(86(67(37)38)68(39)40,87(69(41)42)70(43)44)88(71(45)46)72(47)48;/h49-72H,1-48H3;1H2/q+1;/p-1. The molecule has 0 amide bonds. The Hall–Kier alpha value is 0.830. The highest BCUT2D eigenvalue weighted by Crippen LogP contribution is 2.90. The Labute approximate surface area is 591 Å². The van der Waals surface area contributed by atoms with Gasteiger partial charge in [-0.1, -0.05) is 0 Å². The van der Waals surface area contributed by atoms with Crippen LogP contribution >= 0.6 is 37.9 Å². The Balaban J connectivity index is 0. The second-order valence-corrected chi connectivity index (χ2v) is 47.6. The van der Waals surface area contributed by atoms with E-state index >= 15 is 0 Å². The molecule has 0 bridgehead atoms. The maximum Gasteiger partial charge on any atom is 0.502 e. The fourth-order valence-electron chi connectivity index (χ4n) is 17.3. The summed E-state index contributed by atoms with van der Waals surface area (Å²) in [6, 6.07) is 1.29. The molecule has 0 aromatic rings. The molecule has 22 heteroatoms. The molecular weight excluding hydrogens is 1260 g/mol. The molecule has 0 heterocycles. The summed E-state index contributed by atoms with van der Waals surface area (Å²) >= 11 is 0. The zero-order valence-electron chi connectivity index (χ0n) is 71.7. The fourth-order valence-corrected chi connectivity index (χ4v) is 47.4. The van der Waals surface area contributed by atoms with E-state index in [0.29, 0.717) is 0 Å². The lowest BCUT2D eigenvalue weighted by Crippen LogP contribution is -2.54. The molecule has 0 saturated heterocycles. The molecule has 0 spiro atoms. The lowest BCUT2D eigenvalue weighted by Gasteiger charge is -2.58. The first-order valence-corrected chi connectivity index (χ1v) is 45.9. The van der Waals surface area contributed by atoms with Crippen LogP contribution in [0.25, 0.3) is 0 Å². The van der Waals surface area contributed by atoms with E-state index in [2.05, 4.69) is 388 Å². The topological polar surface area (TPSA) is 118 Å². The monoisotopic (exact) mass is 1430 g/mol. The van der Waals surface area contributed by atoms with Crippen LogP contribution in [0.15, 0.2) is 18.1 Å². The van der Waals surface area contributed by atoms with Gasteiger partial charge in [0.05, 0.1) is 0 Å². The highest BCUT2D eigenvalue weighted by molar-refractivity contribution is 7.88. The zero-order valence-corrected chi connectivity index (χ0v) is 76.2. The Morgan fingerprint density at radius 3 is 0.234 bits per heavy atom. The van der Waals surface area contributed by atoms with E-state index in [1.165, 1.54) is 0 Å². The van der Waals surface area contributed by atoms with Crippen molar-refractivity contribution in [1.29, 1.82) is 0 Å². The maximum absolute atomic E-state index is 7.88. The smallest absolute Gasteiger partial charge is 0.502 e. The molecule has 0 aliphatic carbocycles. The van der Waals surface area contributed by atoms with Crippen molar-refractivity contribution < 1.29 is 5.48 Å². The van der Waals surface area contributed by atoms with Gasteiger partial charge in [0.25, 0.3) is 0 Å². The van der Waals surface area contributed by atoms with Gasteiger partial charge < -0.3 is 5.48 Å². The molecule has 0 aliphatic heterocycles. The van der Waals surface area contributed by atoms with Crippen molar-refractivity contribution in [3.8, 4) is 0 Å². The second-order valence-electron chi connectivity index (χ2n) is 33.9. The Bertz CT molecular complexity index is 1740. The molecule has 0 unspecified atom stereocenters. The van der Waals surface area contributed by atoms with Crippen molar-refractivity contribution in [2.75, 3.05) is 0 Å². The predicted octanol–water partition coefficient (Wildman–Crippen LogP) is 23.7. The van der Waals surface area contributed by atoms with E-state index in [9.17, 15) is 0 Å². The van der Waals surface area contributed by atoms with Crippen molar-refractivity contribution in [2.24, 2.45) is 18.1 Å². The SMILES string of the molecule is CC(C)N(C(C)C)P(=N[P+](N=P(N(C(C)C)C(C)C)(N(C(C)C)C(C)C)N(C(C)C)C(C)C)(N=P(N(C(C)C)C(C)C)(N(C(C)C)C(C)C)N(C(C)C)C(C)C)N=P(N(C(C)C)C(C)C)(N(C(C)C)C(C)C)N(C(C)C)C(C)C)(N(C(C)C)C(C)C)N(C(C)C)C(C)C.[OH-]. The van der Waals surface area contributed by atoms with E-state index in [4.69, 9.17) is 18.1 Å². The van der Waals surface area contributed by atoms with Crippen LogP contribution in [0.3, 0.4) is 0 Å². The van der Waals surface area contributed by atoms with Crippen LogP contribution in [-0.4, -0.2) is 207 Å². The minimum Gasteiger partial charge on any atom is -0.870 e. The molecule has 0 atom stereocenters. The van der Waals surface area contributed by atoms with Crippen molar-refractivity contribution in [1.82, 2.24) is 56.0 Å². The van der Waals surface area contributed by atoms with Crippen molar-refractivity contribution in [2.45, 2.75) is 477 Å². The number of hydrogen-bond donors (Lipinski definition) is 0. The van der Waals surface area contributed by atoms with Crippen molar-refractivity contribution in [3.05, 3.63) is 0 Å². The zero-order chi connectivity index (χ0) is 74.1. The summed E-state index contributed by atoms with van der Waals surface area (Å²) < 4.78 is 66.7. The molecule has 17 nitrogen and oxygen atoms in total. The van der Waals surface area contributed by atoms with Gasteiger partial charge in [-0.3, -0.25) is 0 Å². The van der Waals surface area contributed by atoms with Crippen molar-refractivity contribution in [3.63, 3.8) is 0 Å². The Kier molecular flexibility index (Phi) is 40.9. The van der Waals surface area contributed by atoms with E-state index < -0.39 is 37.9 Å². The normalized spacial score (nSPS) is 14.8. The van der Waals surface area contributed by atoms with Gasteiger partial charge in [-0.25, -0.2) is 56.0 Å².